The van der Waals surface area contributed by atoms with Gasteiger partial charge in [-0.3, -0.25) is 0 Å². The molecule has 3 heteroatoms. The molecular formula is C23H31NO2. The summed E-state index contributed by atoms with van der Waals surface area (Å²) < 4.78 is 6.42. The third kappa shape index (κ3) is 2.01. The fourth-order valence-electron chi connectivity index (χ4n) is 7.75. The maximum absolute atomic E-state index is 9.20. The van der Waals surface area contributed by atoms with Crippen LogP contribution in [0, 0.1) is 29.1 Å². The Morgan fingerprint density at radius 3 is 2.88 bits per heavy atom. The van der Waals surface area contributed by atoms with Crippen molar-refractivity contribution in [2.75, 3.05) is 6.61 Å². The van der Waals surface area contributed by atoms with E-state index in [1.807, 2.05) is 0 Å². The van der Waals surface area contributed by atoms with Crippen molar-refractivity contribution in [3.05, 3.63) is 36.0 Å². The van der Waals surface area contributed by atoms with E-state index in [4.69, 9.17) is 4.74 Å². The SMILES string of the molecule is C=C1CC2C(CC[C@@]3(CC)C2CC[C@@]32C=CCO2)[C@H]2CCC(=NO)C=C12. The Balaban J connectivity index is 1.51. The van der Waals surface area contributed by atoms with E-state index < -0.39 is 0 Å². The van der Waals surface area contributed by atoms with Crippen LogP contribution in [0.3, 0.4) is 0 Å². The first-order chi connectivity index (χ1) is 12.6. The number of hydrogen-bond donors (Lipinski definition) is 1. The molecule has 140 valence electrons. The molecule has 5 aliphatic rings. The van der Waals surface area contributed by atoms with Crippen LogP contribution in [-0.4, -0.2) is 23.1 Å². The minimum atomic E-state index is 0.0120. The molecule has 3 fully saturated rings. The molecule has 0 amide bonds. The van der Waals surface area contributed by atoms with Crippen molar-refractivity contribution in [1.82, 2.24) is 0 Å². The number of oxime groups is 1. The predicted octanol–water partition coefficient (Wildman–Crippen LogP) is 5.27. The molecule has 3 nitrogen and oxygen atoms in total. The summed E-state index contributed by atoms with van der Waals surface area (Å²) in [6.07, 6.45) is 16.3. The molecule has 0 bridgehead atoms. The van der Waals surface area contributed by atoms with Gasteiger partial charge in [0.15, 0.2) is 0 Å². The minimum Gasteiger partial charge on any atom is -0.411 e. The van der Waals surface area contributed by atoms with Gasteiger partial charge in [-0.25, -0.2) is 0 Å². The molecule has 0 aromatic carbocycles. The molecule has 1 heterocycles. The van der Waals surface area contributed by atoms with Crippen LogP contribution in [-0.2, 0) is 4.74 Å². The van der Waals surface area contributed by atoms with Gasteiger partial charge in [0.05, 0.1) is 17.9 Å². The lowest BCUT2D eigenvalue weighted by Gasteiger charge is -2.57. The first kappa shape index (κ1) is 16.8. The average molecular weight is 354 g/mol. The second-order valence-electron chi connectivity index (χ2n) is 9.27. The van der Waals surface area contributed by atoms with Crippen molar-refractivity contribution >= 4 is 5.71 Å². The van der Waals surface area contributed by atoms with Gasteiger partial charge >= 0.3 is 0 Å². The Bertz CT molecular complexity index is 720. The van der Waals surface area contributed by atoms with E-state index in [0.29, 0.717) is 11.3 Å². The summed E-state index contributed by atoms with van der Waals surface area (Å²) >= 11 is 0. The first-order valence-electron chi connectivity index (χ1n) is 10.6. The second-order valence-corrected chi connectivity index (χ2v) is 9.27. The second kappa shape index (κ2) is 5.82. The van der Waals surface area contributed by atoms with Crippen LogP contribution in [0.25, 0.3) is 0 Å². The van der Waals surface area contributed by atoms with Gasteiger partial charge < -0.3 is 9.94 Å². The quantitative estimate of drug-likeness (QED) is 0.396. The third-order valence-corrected chi connectivity index (χ3v) is 8.79. The Morgan fingerprint density at radius 1 is 1.27 bits per heavy atom. The lowest BCUT2D eigenvalue weighted by molar-refractivity contribution is -0.120. The highest BCUT2D eigenvalue weighted by Crippen LogP contribution is 2.68. The summed E-state index contributed by atoms with van der Waals surface area (Å²) in [7, 11) is 0. The molecule has 26 heavy (non-hydrogen) atoms. The van der Waals surface area contributed by atoms with Gasteiger partial charge in [0, 0.05) is 5.41 Å². The van der Waals surface area contributed by atoms with Crippen molar-refractivity contribution in [2.45, 2.75) is 63.9 Å². The van der Waals surface area contributed by atoms with Crippen molar-refractivity contribution in [2.24, 2.45) is 34.2 Å². The Hall–Kier alpha value is -1.35. The normalized spacial score (nSPS) is 48.4. The molecule has 4 aliphatic carbocycles. The number of nitrogens with zero attached hydrogens (tertiary/aromatic N) is 1. The largest absolute Gasteiger partial charge is 0.411 e. The lowest BCUT2D eigenvalue weighted by atomic mass is 9.49. The van der Waals surface area contributed by atoms with Crippen molar-refractivity contribution < 1.29 is 9.94 Å². The molecule has 5 rings (SSSR count). The molecule has 0 aromatic heterocycles. The van der Waals surface area contributed by atoms with Crippen LogP contribution in [0.15, 0.2) is 41.1 Å². The molecular weight excluding hydrogens is 322 g/mol. The first-order valence-corrected chi connectivity index (χ1v) is 10.6. The number of ether oxygens (including phenoxy) is 1. The fourth-order valence-corrected chi connectivity index (χ4v) is 7.75. The highest BCUT2D eigenvalue weighted by molar-refractivity contribution is 5.96. The Morgan fingerprint density at radius 2 is 2.15 bits per heavy atom. The number of hydrogen-bond acceptors (Lipinski definition) is 3. The van der Waals surface area contributed by atoms with E-state index in [1.54, 1.807) is 0 Å². The fraction of sp³-hybridized carbons (Fsp3) is 0.696. The van der Waals surface area contributed by atoms with E-state index >= 15 is 0 Å². The molecule has 0 aromatic rings. The molecule has 1 spiro atoms. The standard InChI is InChI=1S/C23H31NO2/c1-3-22-10-7-18-17-6-5-16(24-25)14-19(17)15(2)13-20(18)21(22)8-11-23(22)9-4-12-26-23/h4,9,14,17-18,20-21,25H,2-3,5-8,10-13H2,1H3/t17-,18?,20?,21?,22+,23+/m1/s1. The van der Waals surface area contributed by atoms with Crippen LogP contribution in [0.1, 0.15) is 58.3 Å². The van der Waals surface area contributed by atoms with Crippen molar-refractivity contribution in [3.8, 4) is 0 Å². The van der Waals surface area contributed by atoms with E-state index in [0.717, 1.165) is 49.3 Å². The molecule has 1 N–H and O–H groups in total. The summed E-state index contributed by atoms with van der Waals surface area (Å²) in [5, 5.41) is 12.7. The van der Waals surface area contributed by atoms with Gasteiger partial charge in [0.25, 0.3) is 0 Å². The average Bonchev–Trinajstić information content (AvgIpc) is 3.28. The topological polar surface area (TPSA) is 41.8 Å². The molecule has 1 aliphatic heterocycles. The third-order valence-electron chi connectivity index (χ3n) is 8.79. The van der Waals surface area contributed by atoms with Crippen molar-refractivity contribution in [1.29, 1.82) is 0 Å². The van der Waals surface area contributed by atoms with Gasteiger partial charge in [0.1, 0.15) is 0 Å². The molecule has 3 unspecified atom stereocenters. The maximum Gasteiger partial charge on any atom is 0.0926 e. The van der Waals surface area contributed by atoms with E-state index in [9.17, 15) is 5.21 Å². The minimum absolute atomic E-state index is 0.0120. The van der Waals surface area contributed by atoms with Gasteiger partial charge in [-0.1, -0.05) is 36.4 Å². The predicted molar refractivity (Wildman–Crippen MR) is 103 cm³/mol. The zero-order valence-electron chi connectivity index (χ0n) is 15.9. The van der Waals surface area contributed by atoms with Gasteiger partial charge in [-0.15, -0.1) is 0 Å². The maximum atomic E-state index is 9.20. The van der Waals surface area contributed by atoms with Crippen LogP contribution in [0.2, 0.25) is 0 Å². The lowest BCUT2D eigenvalue weighted by Crippen LogP contribution is -2.53. The summed E-state index contributed by atoms with van der Waals surface area (Å²) in [4.78, 5) is 0. The zero-order valence-corrected chi connectivity index (χ0v) is 15.9. The van der Waals surface area contributed by atoms with Gasteiger partial charge in [0.2, 0.25) is 0 Å². The summed E-state index contributed by atoms with van der Waals surface area (Å²) in [5.41, 5.74) is 3.86. The number of fused-ring (bicyclic) bond motifs is 6. The highest BCUT2D eigenvalue weighted by atomic mass is 16.5. The summed E-state index contributed by atoms with van der Waals surface area (Å²) in [6, 6.07) is 0. The molecule has 6 atom stereocenters. The van der Waals surface area contributed by atoms with E-state index in [1.165, 1.54) is 43.3 Å². The van der Waals surface area contributed by atoms with Crippen LogP contribution in [0.4, 0.5) is 0 Å². The van der Waals surface area contributed by atoms with Crippen LogP contribution >= 0.6 is 0 Å². The molecule has 0 saturated heterocycles. The molecule has 0 radical (unpaired) electrons. The van der Waals surface area contributed by atoms with Gasteiger partial charge in [-0.05, 0) is 86.7 Å². The highest BCUT2D eigenvalue weighted by Gasteiger charge is 2.64. The monoisotopic (exact) mass is 353 g/mol. The van der Waals surface area contributed by atoms with Crippen LogP contribution in [0.5, 0.6) is 0 Å². The Kier molecular flexibility index (Phi) is 3.76. The number of rotatable bonds is 1. The van der Waals surface area contributed by atoms with E-state index in [2.05, 4.69) is 36.9 Å². The summed E-state index contributed by atoms with van der Waals surface area (Å²) in [5.74, 6) is 2.92. The Labute approximate surface area is 156 Å². The van der Waals surface area contributed by atoms with E-state index in [-0.39, 0.29) is 5.60 Å². The van der Waals surface area contributed by atoms with Gasteiger partial charge in [-0.2, -0.15) is 0 Å². The van der Waals surface area contributed by atoms with Crippen molar-refractivity contribution in [3.63, 3.8) is 0 Å². The smallest absolute Gasteiger partial charge is 0.0926 e. The molecule has 3 saturated carbocycles. The van der Waals surface area contributed by atoms with Crippen LogP contribution < -0.4 is 0 Å². The summed E-state index contributed by atoms with van der Waals surface area (Å²) in [6.45, 7) is 7.65. The zero-order chi connectivity index (χ0) is 17.9. The number of allylic oxidation sites excluding steroid dienone is 3.